The van der Waals surface area contributed by atoms with Gasteiger partial charge in [0, 0.05) is 0 Å². The van der Waals surface area contributed by atoms with E-state index in [1.807, 2.05) is 18.2 Å². The average molecular weight is 347 g/mol. The fraction of sp³-hybridized carbons (Fsp3) is 0.364. The van der Waals surface area contributed by atoms with Gasteiger partial charge in [0.05, 0.1) is 18.7 Å². The molecule has 0 radical (unpaired) electrons. The number of nitriles is 1. The molecule has 0 bridgehead atoms. The van der Waals surface area contributed by atoms with E-state index in [0.717, 1.165) is 36.8 Å². The maximum Gasteiger partial charge on any atom is 0.235 e. The van der Waals surface area contributed by atoms with Crippen molar-refractivity contribution in [2.45, 2.75) is 44.2 Å². The molecule has 1 fully saturated rings. The summed E-state index contributed by atoms with van der Waals surface area (Å²) in [5, 5.41) is 15.8. The van der Waals surface area contributed by atoms with Crippen molar-refractivity contribution in [1.82, 2.24) is 10.6 Å². The SMILES string of the molecule is Cc1ccc([C@H](NCC(=O)NC2(C#N)CCCC2)c2ccccc2)cc1. The van der Waals surface area contributed by atoms with E-state index in [9.17, 15) is 10.1 Å². The zero-order chi connectivity index (χ0) is 18.4. The first-order chi connectivity index (χ1) is 12.6. The molecule has 0 aromatic heterocycles. The molecule has 2 N–H and O–H groups in total. The van der Waals surface area contributed by atoms with Crippen LogP contribution in [0.2, 0.25) is 0 Å². The van der Waals surface area contributed by atoms with Crippen LogP contribution in [0.15, 0.2) is 54.6 Å². The molecule has 2 aromatic rings. The Morgan fingerprint density at radius 2 is 1.69 bits per heavy atom. The molecular formula is C22H25N3O. The second-order valence-corrected chi connectivity index (χ2v) is 7.08. The Labute approximate surface area is 155 Å². The van der Waals surface area contributed by atoms with E-state index in [1.54, 1.807) is 0 Å². The van der Waals surface area contributed by atoms with Gasteiger partial charge in [-0.2, -0.15) is 5.26 Å². The number of amides is 1. The highest BCUT2D eigenvalue weighted by molar-refractivity contribution is 5.79. The van der Waals surface area contributed by atoms with Gasteiger partial charge in [-0.25, -0.2) is 0 Å². The summed E-state index contributed by atoms with van der Waals surface area (Å²) in [6, 6.07) is 20.7. The lowest BCUT2D eigenvalue weighted by molar-refractivity contribution is -0.121. The molecule has 4 heteroatoms. The van der Waals surface area contributed by atoms with E-state index in [4.69, 9.17) is 0 Å². The van der Waals surface area contributed by atoms with Crippen LogP contribution in [0.25, 0.3) is 0 Å². The first kappa shape index (κ1) is 18.2. The molecule has 0 spiro atoms. The number of hydrogen-bond donors (Lipinski definition) is 2. The van der Waals surface area contributed by atoms with Gasteiger partial charge in [-0.3, -0.25) is 10.1 Å². The summed E-state index contributed by atoms with van der Waals surface area (Å²) >= 11 is 0. The molecule has 2 aromatic carbocycles. The standard InChI is InChI=1S/C22H25N3O/c1-17-9-11-19(12-10-17)21(18-7-3-2-4-8-18)24-15-20(26)25-22(16-23)13-5-6-14-22/h2-4,7-12,21,24H,5-6,13-15H2,1H3,(H,25,26)/t21-/m1/s1. The van der Waals surface area contributed by atoms with Gasteiger partial charge >= 0.3 is 0 Å². The molecular weight excluding hydrogens is 322 g/mol. The van der Waals surface area contributed by atoms with Crippen LogP contribution >= 0.6 is 0 Å². The molecule has 1 amide bonds. The quantitative estimate of drug-likeness (QED) is 0.839. The summed E-state index contributed by atoms with van der Waals surface area (Å²) in [6.07, 6.45) is 3.49. The molecule has 4 nitrogen and oxygen atoms in total. The van der Waals surface area contributed by atoms with Crippen molar-refractivity contribution in [3.63, 3.8) is 0 Å². The van der Waals surface area contributed by atoms with Gasteiger partial charge in [0.25, 0.3) is 0 Å². The van der Waals surface area contributed by atoms with Crippen LogP contribution in [0, 0.1) is 18.3 Å². The Morgan fingerprint density at radius 3 is 2.31 bits per heavy atom. The van der Waals surface area contributed by atoms with Gasteiger partial charge in [-0.1, -0.05) is 60.2 Å². The van der Waals surface area contributed by atoms with E-state index in [0.29, 0.717) is 0 Å². The molecule has 0 aliphatic heterocycles. The fourth-order valence-electron chi connectivity index (χ4n) is 3.58. The Kier molecular flexibility index (Phi) is 5.70. The van der Waals surface area contributed by atoms with Gasteiger partial charge in [0.2, 0.25) is 5.91 Å². The first-order valence-electron chi connectivity index (χ1n) is 9.19. The number of nitrogens with one attached hydrogen (secondary N) is 2. The van der Waals surface area contributed by atoms with E-state index < -0.39 is 5.54 Å². The summed E-state index contributed by atoms with van der Waals surface area (Å²) in [7, 11) is 0. The molecule has 1 saturated carbocycles. The zero-order valence-electron chi connectivity index (χ0n) is 15.2. The van der Waals surface area contributed by atoms with E-state index in [2.05, 4.69) is 60.0 Å². The minimum absolute atomic E-state index is 0.0656. The molecule has 1 aliphatic rings. The molecule has 3 rings (SSSR count). The summed E-state index contributed by atoms with van der Waals surface area (Å²) in [6.45, 7) is 2.24. The predicted molar refractivity (Wildman–Crippen MR) is 102 cm³/mol. The number of benzene rings is 2. The summed E-state index contributed by atoms with van der Waals surface area (Å²) in [4.78, 5) is 12.5. The van der Waals surface area contributed by atoms with Crippen LogP contribution < -0.4 is 10.6 Å². The highest BCUT2D eigenvalue weighted by Crippen LogP contribution is 2.29. The van der Waals surface area contributed by atoms with Crippen LogP contribution in [0.4, 0.5) is 0 Å². The second-order valence-electron chi connectivity index (χ2n) is 7.08. The Bertz CT molecular complexity index is 771. The predicted octanol–water partition coefficient (Wildman–Crippen LogP) is 3.63. The Hall–Kier alpha value is -2.64. The summed E-state index contributed by atoms with van der Waals surface area (Å²) in [5.41, 5.74) is 2.76. The van der Waals surface area contributed by atoms with Gasteiger partial charge in [-0.15, -0.1) is 0 Å². The zero-order valence-corrected chi connectivity index (χ0v) is 15.2. The smallest absolute Gasteiger partial charge is 0.235 e. The Morgan fingerprint density at radius 1 is 1.08 bits per heavy atom. The van der Waals surface area contributed by atoms with Crippen molar-refractivity contribution >= 4 is 5.91 Å². The van der Waals surface area contributed by atoms with E-state index >= 15 is 0 Å². The molecule has 1 atom stereocenters. The lowest BCUT2D eigenvalue weighted by Gasteiger charge is -2.24. The molecule has 134 valence electrons. The number of rotatable bonds is 6. The third kappa shape index (κ3) is 4.30. The summed E-state index contributed by atoms with van der Waals surface area (Å²) in [5.74, 6) is -0.124. The van der Waals surface area contributed by atoms with Crippen LogP contribution in [-0.4, -0.2) is 18.0 Å². The van der Waals surface area contributed by atoms with Crippen LogP contribution in [0.3, 0.4) is 0 Å². The maximum absolute atomic E-state index is 12.5. The third-order valence-corrected chi connectivity index (χ3v) is 5.06. The van der Waals surface area contributed by atoms with Crippen LogP contribution in [-0.2, 0) is 4.79 Å². The number of aryl methyl sites for hydroxylation is 1. The van der Waals surface area contributed by atoms with Crippen LogP contribution in [0.1, 0.15) is 48.4 Å². The van der Waals surface area contributed by atoms with Crippen molar-refractivity contribution in [2.24, 2.45) is 0 Å². The average Bonchev–Trinajstić information content (AvgIpc) is 3.13. The molecule has 1 aliphatic carbocycles. The monoisotopic (exact) mass is 347 g/mol. The maximum atomic E-state index is 12.5. The number of nitrogens with zero attached hydrogens (tertiary/aromatic N) is 1. The van der Waals surface area contributed by atoms with Gasteiger partial charge in [0.15, 0.2) is 0 Å². The fourth-order valence-corrected chi connectivity index (χ4v) is 3.58. The number of carbonyl (C=O) groups is 1. The lowest BCUT2D eigenvalue weighted by atomic mass is 9.97. The van der Waals surface area contributed by atoms with E-state index in [-0.39, 0.29) is 18.5 Å². The minimum atomic E-state index is -0.676. The largest absolute Gasteiger partial charge is 0.337 e. The van der Waals surface area contributed by atoms with Crippen molar-refractivity contribution in [1.29, 1.82) is 5.26 Å². The van der Waals surface area contributed by atoms with Crippen molar-refractivity contribution < 1.29 is 4.79 Å². The third-order valence-electron chi connectivity index (χ3n) is 5.06. The van der Waals surface area contributed by atoms with Gasteiger partial charge in [-0.05, 0) is 43.7 Å². The highest BCUT2D eigenvalue weighted by atomic mass is 16.2. The van der Waals surface area contributed by atoms with Crippen molar-refractivity contribution in [2.75, 3.05) is 6.54 Å². The van der Waals surface area contributed by atoms with Gasteiger partial charge in [0.1, 0.15) is 5.54 Å². The van der Waals surface area contributed by atoms with E-state index in [1.165, 1.54) is 5.56 Å². The minimum Gasteiger partial charge on any atom is -0.337 e. The Balaban J connectivity index is 1.71. The molecule has 0 saturated heterocycles. The molecule has 26 heavy (non-hydrogen) atoms. The highest BCUT2D eigenvalue weighted by Gasteiger charge is 2.35. The molecule has 0 unspecified atom stereocenters. The lowest BCUT2D eigenvalue weighted by Crippen LogP contribution is -2.48. The number of carbonyl (C=O) groups excluding carboxylic acids is 1. The topological polar surface area (TPSA) is 64.9 Å². The van der Waals surface area contributed by atoms with Crippen molar-refractivity contribution in [3.8, 4) is 6.07 Å². The summed E-state index contributed by atoms with van der Waals surface area (Å²) < 4.78 is 0. The van der Waals surface area contributed by atoms with Crippen LogP contribution in [0.5, 0.6) is 0 Å². The normalized spacial score (nSPS) is 16.6. The van der Waals surface area contributed by atoms with Gasteiger partial charge < -0.3 is 5.32 Å². The second kappa shape index (κ2) is 8.16. The number of hydrogen-bond acceptors (Lipinski definition) is 3. The van der Waals surface area contributed by atoms with Crippen molar-refractivity contribution in [3.05, 3.63) is 71.3 Å². The molecule has 0 heterocycles. The first-order valence-corrected chi connectivity index (χ1v) is 9.19.